The molecule has 0 fully saturated rings. The maximum atomic E-state index is 11.6. The Kier molecular flexibility index (Phi) is 4.16. The zero-order valence-corrected chi connectivity index (χ0v) is 10.9. The Balaban J connectivity index is 0.000000280. The normalized spacial score (nSPS) is 14.2. The van der Waals surface area contributed by atoms with E-state index in [0.29, 0.717) is 0 Å². The molecule has 1 aliphatic heterocycles. The number of aromatic nitrogens is 1. The Morgan fingerprint density at radius 3 is 2.19 bits per heavy atom. The highest BCUT2D eigenvalue weighted by molar-refractivity contribution is 5.80. The molecular weight excluding hydrogens is 200 g/mol. The Morgan fingerprint density at radius 1 is 1.19 bits per heavy atom. The summed E-state index contributed by atoms with van der Waals surface area (Å²) in [5.74, 6) is 0.833. The quantitative estimate of drug-likeness (QED) is 0.715. The van der Waals surface area contributed by atoms with Crippen molar-refractivity contribution in [2.75, 3.05) is 0 Å². The topological polar surface area (TPSA) is 25.2 Å². The molecule has 0 radical (unpaired) electrons. The Hall–Kier alpha value is -1.25. The molecule has 3 heteroatoms. The van der Waals surface area contributed by atoms with E-state index in [2.05, 4.69) is 20.8 Å². The van der Waals surface area contributed by atoms with Gasteiger partial charge in [-0.3, -0.25) is 4.57 Å². The second-order valence-corrected chi connectivity index (χ2v) is 5.11. The minimum atomic E-state index is 0.102. The largest absolute Gasteiger partial charge is 0.328 e. The summed E-state index contributed by atoms with van der Waals surface area (Å²) >= 11 is 0. The van der Waals surface area contributed by atoms with Gasteiger partial charge >= 0.3 is 6.03 Å². The molecule has 1 amide bonds. The smallest absolute Gasteiger partial charge is 0.316 e. The summed E-state index contributed by atoms with van der Waals surface area (Å²) in [7, 11) is 0. The molecule has 2 heterocycles. The molecule has 0 saturated carbocycles. The molecule has 2 rings (SSSR count). The van der Waals surface area contributed by atoms with Crippen molar-refractivity contribution in [3.8, 4) is 0 Å². The molecule has 1 aliphatic rings. The average molecular weight is 222 g/mol. The third-order valence-electron chi connectivity index (χ3n) is 2.24. The van der Waals surface area contributed by atoms with Crippen LogP contribution in [0.5, 0.6) is 0 Å². The summed E-state index contributed by atoms with van der Waals surface area (Å²) < 4.78 is 1.71. The highest BCUT2D eigenvalue weighted by Crippen LogP contribution is 2.18. The van der Waals surface area contributed by atoms with Crippen LogP contribution in [0.25, 0.3) is 0 Å². The van der Waals surface area contributed by atoms with E-state index in [0.717, 1.165) is 18.2 Å². The molecular formula is C13H22N2O. The minimum Gasteiger partial charge on any atom is -0.316 e. The fourth-order valence-electron chi connectivity index (χ4n) is 1.52. The molecule has 0 aromatic carbocycles. The number of carbonyl (C=O) groups excluding carboxylic acids is 1. The molecule has 0 N–H and O–H groups in total. The molecule has 16 heavy (non-hydrogen) atoms. The zero-order valence-electron chi connectivity index (χ0n) is 10.9. The highest BCUT2D eigenvalue weighted by atomic mass is 16.2. The van der Waals surface area contributed by atoms with Crippen molar-refractivity contribution in [2.45, 2.75) is 47.2 Å². The summed E-state index contributed by atoms with van der Waals surface area (Å²) in [4.78, 5) is 13.4. The molecule has 1 aromatic heterocycles. The molecule has 90 valence electrons. The van der Waals surface area contributed by atoms with Crippen LogP contribution in [-0.4, -0.2) is 21.5 Å². The molecule has 0 aliphatic carbocycles. The number of rotatable bonds is 1. The van der Waals surface area contributed by atoms with Crippen LogP contribution in [0.3, 0.4) is 0 Å². The Morgan fingerprint density at radius 2 is 1.75 bits per heavy atom. The van der Waals surface area contributed by atoms with Crippen molar-refractivity contribution in [3.05, 3.63) is 24.0 Å². The molecule has 0 unspecified atom stereocenters. The van der Waals surface area contributed by atoms with E-state index in [9.17, 15) is 4.79 Å². The van der Waals surface area contributed by atoms with Crippen molar-refractivity contribution in [2.24, 2.45) is 5.92 Å². The van der Waals surface area contributed by atoms with Gasteiger partial charge < -0.3 is 4.90 Å². The van der Waals surface area contributed by atoms with Gasteiger partial charge in [0.2, 0.25) is 0 Å². The van der Waals surface area contributed by atoms with Gasteiger partial charge in [0.25, 0.3) is 0 Å². The van der Waals surface area contributed by atoms with E-state index >= 15 is 0 Å². The monoisotopic (exact) mass is 222 g/mol. The van der Waals surface area contributed by atoms with Gasteiger partial charge in [-0.25, -0.2) is 4.79 Å². The van der Waals surface area contributed by atoms with Gasteiger partial charge in [0.15, 0.2) is 0 Å². The first-order valence-electron chi connectivity index (χ1n) is 5.90. The molecule has 0 saturated heterocycles. The number of nitrogens with zero attached hydrogens (tertiary/aromatic N) is 2. The van der Waals surface area contributed by atoms with E-state index in [1.165, 1.54) is 0 Å². The number of hydrogen-bond acceptors (Lipinski definition) is 1. The lowest BCUT2D eigenvalue weighted by Crippen LogP contribution is -2.32. The first kappa shape index (κ1) is 12.8. The lowest BCUT2D eigenvalue weighted by molar-refractivity contribution is 0.196. The fraction of sp³-hybridized carbons (Fsp3) is 0.615. The maximum absolute atomic E-state index is 11.6. The fourth-order valence-corrected chi connectivity index (χ4v) is 1.52. The Bertz CT molecular complexity index is 350. The van der Waals surface area contributed by atoms with Crippen LogP contribution in [0.1, 0.15) is 40.3 Å². The van der Waals surface area contributed by atoms with Gasteiger partial charge in [-0.05, 0) is 31.9 Å². The highest BCUT2D eigenvalue weighted by Gasteiger charge is 2.27. The number of hydrogen-bond donors (Lipinski definition) is 0. The van der Waals surface area contributed by atoms with Crippen LogP contribution < -0.4 is 0 Å². The SMILES string of the molecule is CC(C)C.CC(C)N1Cc2cccn2C1=O. The standard InChI is InChI=1S/C9H12N2O.C4H10/c1-7(2)11-6-8-4-3-5-10(8)9(11)12;1-4(2)3/h3-5,7H,6H2,1-2H3;4H,1-3H3. The van der Waals surface area contributed by atoms with Gasteiger partial charge in [0, 0.05) is 17.9 Å². The molecule has 3 nitrogen and oxygen atoms in total. The van der Waals surface area contributed by atoms with Gasteiger partial charge in [-0.15, -0.1) is 0 Å². The van der Waals surface area contributed by atoms with Gasteiger partial charge in [0.1, 0.15) is 0 Å². The number of fused-ring (bicyclic) bond motifs is 1. The summed E-state index contributed by atoms with van der Waals surface area (Å²) in [5.41, 5.74) is 1.09. The number of amides is 1. The van der Waals surface area contributed by atoms with Crippen molar-refractivity contribution in [1.29, 1.82) is 0 Å². The zero-order chi connectivity index (χ0) is 12.3. The summed E-state index contributed by atoms with van der Waals surface area (Å²) in [6.07, 6.45) is 1.82. The number of carbonyl (C=O) groups is 1. The second-order valence-electron chi connectivity index (χ2n) is 5.11. The lowest BCUT2D eigenvalue weighted by atomic mass is 10.3. The van der Waals surface area contributed by atoms with Gasteiger partial charge in [0.05, 0.1) is 6.54 Å². The first-order chi connectivity index (χ1) is 7.43. The van der Waals surface area contributed by atoms with Crippen LogP contribution in [0.15, 0.2) is 18.3 Å². The summed E-state index contributed by atoms with van der Waals surface area (Å²) in [6.45, 7) is 11.3. The van der Waals surface area contributed by atoms with E-state index in [1.807, 2.05) is 37.1 Å². The Labute approximate surface area is 98.1 Å². The second kappa shape index (κ2) is 5.19. The summed E-state index contributed by atoms with van der Waals surface area (Å²) in [5, 5.41) is 0. The molecule has 0 bridgehead atoms. The van der Waals surface area contributed by atoms with Crippen LogP contribution in [-0.2, 0) is 6.54 Å². The van der Waals surface area contributed by atoms with Gasteiger partial charge in [-0.2, -0.15) is 0 Å². The van der Waals surface area contributed by atoms with Crippen molar-refractivity contribution >= 4 is 6.03 Å². The van der Waals surface area contributed by atoms with Crippen LogP contribution in [0.2, 0.25) is 0 Å². The van der Waals surface area contributed by atoms with E-state index in [4.69, 9.17) is 0 Å². The van der Waals surface area contributed by atoms with Gasteiger partial charge in [-0.1, -0.05) is 20.8 Å². The van der Waals surface area contributed by atoms with E-state index in [1.54, 1.807) is 4.57 Å². The van der Waals surface area contributed by atoms with Crippen LogP contribution in [0, 0.1) is 5.92 Å². The maximum Gasteiger partial charge on any atom is 0.328 e. The average Bonchev–Trinajstić information content (AvgIpc) is 2.67. The lowest BCUT2D eigenvalue weighted by Gasteiger charge is -2.18. The predicted octanol–water partition coefficient (Wildman–Crippen LogP) is 3.34. The van der Waals surface area contributed by atoms with Crippen molar-refractivity contribution in [1.82, 2.24) is 9.47 Å². The third kappa shape index (κ3) is 2.87. The van der Waals surface area contributed by atoms with E-state index in [-0.39, 0.29) is 12.1 Å². The molecule has 1 aromatic rings. The van der Waals surface area contributed by atoms with Crippen LogP contribution in [0.4, 0.5) is 4.79 Å². The molecule has 0 spiro atoms. The predicted molar refractivity (Wildman–Crippen MR) is 66.4 cm³/mol. The first-order valence-corrected chi connectivity index (χ1v) is 5.90. The van der Waals surface area contributed by atoms with Crippen LogP contribution >= 0.6 is 0 Å². The third-order valence-corrected chi connectivity index (χ3v) is 2.24. The van der Waals surface area contributed by atoms with Crippen molar-refractivity contribution in [3.63, 3.8) is 0 Å². The van der Waals surface area contributed by atoms with Crippen molar-refractivity contribution < 1.29 is 4.79 Å². The summed E-state index contributed by atoms with van der Waals surface area (Å²) in [6, 6.07) is 4.29. The molecule has 0 atom stereocenters. The van der Waals surface area contributed by atoms with E-state index < -0.39 is 0 Å². The minimum absolute atomic E-state index is 0.102.